The number of nitrogens with zero attached hydrogens (tertiary/aromatic N) is 3. The van der Waals surface area contributed by atoms with E-state index in [1.165, 1.54) is 30.5 Å². The number of halogens is 1. The topological polar surface area (TPSA) is 125 Å². The molecular weight excluding hydrogens is 512 g/mol. The Hall–Kier alpha value is -4.39. The SMILES string of the molecule is Cc1c(C=Nc2ccc(S(=O)(=O)Nc3ccc(Cl)cc3)cc2)c(O)n(Cc2ccccc2)c(=O)c1C#N. The molecule has 0 saturated carbocycles. The van der Waals surface area contributed by atoms with Crippen molar-refractivity contribution < 1.29 is 13.5 Å². The van der Waals surface area contributed by atoms with Crippen molar-refractivity contribution in [2.75, 3.05) is 4.72 Å². The summed E-state index contributed by atoms with van der Waals surface area (Å²) in [5, 5.41) is 20.9. The van der Waals surface area contributed by atoms with Gasteiger partial charge in [-0.25, -0.2) is 8.42 Å². The first kappa shape index (κ1) is 25.7. The molecule has 2 N–H and O–H groups in total. The summed E-state index contributed by atoms with van der Waals surface area (Å²) < 4.78 is 29.0. The molecule has 0 aliphatic rings. The molecule has 10 heteroatoms. The zero-order valence-corrected chi connectivity index (χ0v) is 21.2. The molecule has 0 radical (unpaired) electrons. The number of benzene rings is 3. The fourth-order valence-electron chi connectivity index (χ4n) is 3.62. The lowest BCUT2D eigenvalue weighted by Gasteiger charge is -2.14. The summed E-state index contributed by atoms with van der Waals surface area (Å²) in [4.78, 5) is 17.2. The minimum atomic E-state index is -3.83. The summed E-state index contributed by atoms with van der Waals surface area (Å²) in [5.74, 6) is -0.319. The Balaban J connectivity index is 1.62. The van der Waals surface area contributed by atoms with Gasteiger partial charge in [-0.05, 0) is 66.6 Å². The van der Waals surface area contributed by atoms with Crippen molar-refractivity contribution in [3.05, 3.63) is 116 Å². The van der Waals surface area contributed by atoms with Crippen LogP contribution in [0.15, 0.2) is 93.5 Å². The van der Waals surface area contributed by atoms with Gasteiger partial charge in [0.05, 0.1) is 22.7 Å². The van der Waals surface area contributed by atoms with Gasteiger partial charge in [-0.2, -0.15) is 5.26 Å². The molecule has 8 nitrogen and oxygen atoms in total. The monoisotopic (exact) mass is 532 g/mol. The largest absolute Gasteiger partial charge is 0.494 e. The number of aromatic nitrogens is 1. The summed E-state index contributed by atoms with van der Waals surface area (Å²) in [6, 6.07) is 23.1. The van der Waals surface area contributed by atoms with Crippen LogP contribution in [0.5, 0.6) is 5.88 Å². The lowest BCUT2D eigenvalue weighted by Crippen LogP contribution is -2.25. The molecule has 3 aromatic carbocycles. The van der Waals surface area contributed by atoms with Gasteiger partial charge in [-0.15, -0.1) is 0 Å². The lowest BCUT2D eigenvalue weighted by molar-refractivity contribution is 0.413. The molecule has 0 aliphatic heterocycles. The Morgan fingerprint density at radius 2 is 1.70 bits per heavy atom. The van der Waals surface area contributed by atoms with Crippen molar-refractivity contribution in [1.29, 1.82) is 5.26 Å². The minimum Gasteiger partial charge on any atom is -0.494 e. The molecule has 186 valence electrons. The summed E-state index contributed by atoms with van der Waals surface area (Å²) in [6.07, 6.45) is 1.35. The molecule has 1 heterocycles. The Morgan fingerprint density at radius 1 is 1.05 bits per heavy atom. The number of sulfonamides is 1. The zero-order valence-electron chi connectivity index (χ0n) is 19.6. The van der Waals surface area contributed by atoms with Crippen LogP contribution >= 0.6 is 11.6 Å². The van der Waals surface area contributed by atoms with Crippen LogP contribution in [0.1, 0.15) is 22.3 Å². The third-order valence-corrected chi connectivity index (χ3v) is 7.27. The second kappa shape index (κ2) is 10.7. The smallest absolute Gasteiger partial charge is 0.271 e. The number of pyridine rings is 1. The van der Waals surface area contributed by atoms with Crippen molar-refractivity contribution >= 4 is 39.2 Å². The van der Waals surface area contributed by atoms with E-state index in [1.807, 2.05) is 36.4 Å². The van der Waals surface area contributed by atoms with Crippen LogP contribution in [0.2, 0.25) is 5.02 Å². The molecule has 0 fully saturated rings. The molecule has 0 saturated heterocycles. The van der Waals surface area contributed by atoms with Crippen LogP contribution in [-0.2, 0) is 16.6 Å². The second-order valence-electron chi connectivity index (χ2n) is 8.09. The van der Waals surface area contributed by atoms with Gasteiger partial charge in [0, 0.05) is 16.9 Å². The Morgan fingerprint density at radius 3 is 2.32 bits per heavy atom. The van der Waals surface area contributed by atoms with Crippen molar-refractivity contribution in [3.8, 4) is 11.9 Å². The van der Waals surface area contributed by atoms with E-state index in [0.29, 0.717) is 22.0 Å². The number of aliphatic imine (C=N–C) groups is 1. The summed E-state index contributed by atoms with van der Waals surface area (Å²) in [7, 11) is -3.83. The maximum atomic E-state index is 12.8. The highest BCUT2D eigenvalue weighted by molar-refractivity contribution is 7.92. The fraction of sp³-hybridized carbons (Fsp3) is 0.0741. The molecule has 0 atom stereocenters. The average Bonchev–Trinajstić information content (AvgIpc) is 2.89. The highest BCUT2D eigenvalue weighted by Gasteiger charge is 2.18. The molecule has 37 heavy (non-hydrogen) atoms. The van der Waals surface area contributed by atoms with E-state index >= 15 is 0 Å². The van der Waals surface area contributed by atoms with Gasteiger partial charge in [0.2, 0.25) is 5.88 Å². The van der Waals surface area contributed by atoms with Crippen LogP contribution in [0.4, 0.5) is 11.4 Å². The van der Waals surface area contributed by atoms with Crippen LogP contribution in [0.3, 0.4) is 0 Å². The number of nitriles is 1. The lowest BCUT2D eigenvalue weighted by atomic mass is 10.1. The number of hydrogen-bond donors (Lipinski definition) is 2. The molecule has 4 rings (SSSR count). The number of anilines is 1. The van der Waals surface area contributed by atoms with Gasteiger partial charge in [-0.1, -0.05) is 41.9 Å². The first-order valence-electron chi connectivity index (χ1n) is 11.0. The predicted octanol–water partition coefficient (Wildman–Crippen LogP) is 4.99. The number of aromatic hydroxyl groups is 1. The highest BCUT2D eigenvalue weighted by atomic mass is 35.5. The third kappa shape index (κ3) is 5.72. The summed E-state index contributed by atoms with van der Waals surface area (Å²) in [6.45, 7) is 1.64. The summed E-state index contributed by atoms with van der Waals surface area (Å²) >= 11 is 5.84. The minimum absolute atomic E-state index is 0.0311. The average molecular weight is 533 g/mol. The first-order chi connectivity index (χ1) is 17.7. The Bertz CT molecular complexity index is 1670. The zero-order chi connectivity index (χ0) is 26.6. The third-order valence-electron chi connectivity index (χ3n) is 5.62. The highest BCUT2D eigenvalue weighted by Crippen LogP contribution is 2.24. The van der Waals surface area contributed by atoms with Gasteiger partial charge in [0.15, 0.2) is 0 Å². The van der Waals surface area contributed by atoms with Crippen LogP contribution in [0.25, 0.3) is 0 Å². The number of rotatable bonds is 7. The number of hydrogen-bond acceptors (Lipinski definition) is 6. The first-order valence-corrected chi connectivity index (χ1v) is 12.9. The molecule has 0 amide bonds. The van der Waals surface area contributed by atoms with E-state index in [4.69, 9.17) is 11.6 Å². The molecule has 0 bridgehead atoms. The van der Waals surface area contributed by atoms with E-state index in [0.717, 1.165) is 10.1 Å². The Kier molecular flexibility index (Phi) is 7.43. The van der Waals surface area contributed by atoms with Crippen molar-refractivity contribution in [1.82, 2.24) is 4.57 Å². The van der Waals surface area contributed by atoms with E-state index in [1.54, 1.807) is 31.2 Å². The predicted molar refractivity (Wildman–Crippen MR) is 143 cm³/mol. The van der Waals surface area contributed by atoms with Gasteiger partial charge < -0.3 is 5.11 Å². The van der Waals surface area contributed by atoms with Crippen molar-refractivity contribution in [3.63, 3.8) is 0 Å². The van der Waals surface area contributed by atoms with Crippen molar-refractivity contribution in [2.24, 2.45) is 4.99 Å². The molecule has 0 spiro atoms. The van der Waals surface area contributed by atoms with E-state index in [-0.39, 0.29) is 28.4 Å². The van der Waals surface area contributed by atoms with Gasteiger partial charge in [0.25, 0.3) is 15.6 Å². The van der Waals surface area contributed by atoms with Crippen LogP contribution in [0, 0.1) is 18.3 Å². The molecule has 0 unspecified atom stereocenters. The Labute approximate surface area is 218 Å². The maximum absolute atomic E-state index is 12.8. The van der Waals surface area contributed by atoms with Gasteiger partial charge in [0.1, 0.15) is 11.6 Å². The van der Waals surface area contributed by atoms with E-state index in [2.05, 4.69) is 9.71 Å². The molecule has 0 aliphatic carbocycles. The van der Waals surface area contributed by atoms with E-state index < -0.39 is 15.6 Å². The quantitative estimate of drug-likeness (QED) is 0.324. The summed E-state index contributed by atoms with van der Waals surface area (Å²) in [5.41, 5.74) is 1.38. The van der Waals surface area contributed by atoms with Crippen LogP contribution < -0.4 is 10.3 Å². The molecule has 1 aromatic heterocycles. The standard InChI is InChI=1S/C27H21ClN4O4S/c1-18-24(15-29)26(33)32(17-19-5-3-2-4-6-19)27(34)25(18)16-30-21-11-13-23(14-12-21)37(35,36)31-22-9-7-20(28)8-10-22/h2-14,16,31,34H,17H2,1H3. The van der Waals surface area contributed by atoms with Crippen LogP contribution in [-0.4, -0.2) is 24.3 Å². The van der Waals surface area contributed by atoms with Gasteiger partial charge in [-0.3, -0.25) is 19.1 Å². The fourth-order valence-corrected chi connectivity index (χ4v) is 4.81. The van der Waals surface area contributed by atoms with Crippen molar-refractivity contribution in [2.45, 2.75) is 18.4 Å². The van der Waals surface area contributed by atoms with E-state index in [9.17, 15) is 23.6 Å². The molecule has 4 aromatic rings. The van der Waals surface area contributed by atoms with Gasteiger partial charge >= 0.3 is 0 Å². The normalized spacial score (nSPS) is 11.4. The maximum Gasteiger partial charge on any atom is 0.271 e. The second-order valence-corrected chi connectivity index (χ2v) is 10.2. The number of nitrogens with one attached hydrogen (secondary N) is 1. The molecular formula is C27H21ClN4O4S.